The maximum atomic E-state index is 11.6. The number of sulfone groups is 1. The van der Waals surface area contributed by atoms with Gasteiger partial charge >= 0.3 is 0 Å². The Kier molecular flexibility index (Phi) is 4.47. The molecule has 0 aliphatic heterocycles. The van der Waals surface area contributed by atoms with Gasteiger partial charge in [0.1, 0.15) is 15.6 Å². The van der Waals surface area contributed by atoms with Crippen molar-refractivity contribution < 1.29 is 18.3 Å². The predicted molar refractivity (Wildman–Crippen MR) is 73.9 cm³/mol. The Morgan fingerprint density at radius 1 is 1.32 bits per heavy atom. The van der Waals surface area contributed by atoms with E-state index in [1.807, 2.05) is 24.3 Å². The minimum atomic E-state index is -3.00. The largest absolute Gasteiger partial charge is 0.490 e. The van der Waals surface area contributed by atoms with Gasteiger partial charge in [0.05, 0.1) is 18.0 Å². The minimum absolute atomic E-state index is 0.0710. The summed E-state index contributed by atoms with van der Waals surface area (Å²) in [6, 6.07) is 7.33. The summed E-state index contributed by atoms with van der Waals surface area (Å²) < 4.78 is 29.1. The number of hydrogen-bond acceptors (Lipinski definition) is 4. The molecule has 4 nitrogen and oxygen atoms in total. The van der Waals surface area contributed by atoms with Gasteiger partial charge in [-0.1, -0.05) is 18.2 Å². The third-order valence-electron chi connectivity index (χ3n) is 3.62. The van der Waals surface area contributed by atoms with Crippen LogP contribution in [0.2, 0.25) is 0 Å². The van der Waals surface area contributed by atoms with Crippen molar-refractivity contribution >= 4 is 9.84 Å². The van der Waals surface area contributed by atoms with Crippen LogP contribution in [0.25, 0.3) is 0 Å². The fourth-order valence-electron chi connectivity index (χ4n) is 2.53. The molecule has 1 saturated carbocycles. The molecule has 0 radical (unpaired) electrons. The first kappa shape index (κ1) is 14.3. The first-order valence-electron chi connectivity index (χ1n) is 6.55. The van der Waals surface area contributed by atoms with E-state index in [-0.39, 0.29) is 18.0 Å². The van der Waals surface area contributed by atoms with Gasteiger partial charge in [0.15, 0.2) is 0 Å². The molecule has 0 amide bonds. The zero-order valence-corrected chi connectivity index (χ0v) is 11.9. The summed E-state index contributed by atoms with van der Waals surface area (Å²) in [5.74, 6) is 0.657. The number of rotatable bonds is 4. The van der Waals surface area contributed by atoms with E-state index in [1.165, 1.54) is 6.26 Å². The fraction of sp³-hybridized carbons (Fsp3) is 0.571. The Labute approximate surface area is 114 Å². The van der Waals surface area contributed by atoms with Crippen molar-refractivity contribution in [1.29, 1.82) is 0 Å². The van der Waals surface area contributed by atoms with E-state index in [9.17, 15) is 13.5 Å². The Morgan fingerprint density at radius 2 is 2.05 bits per heavy atom. The minimum Gasteiger partial charge on any atom is -0.490 e. The summed E-state index contributed by atoms with van der Waals surface area (Å²) in [6.45, 7) is -0.0710. The average molecular weight is 284 g/mol. The zero-order valence-electron chi connectivity index (χ0n) is 11.1. The summed E-state index contributed by atoms with van der Waals surface area (Å²) in [6.07, 6.45) is 4.21. The second-order valence-electron chi connectivity index (χ2n) is 5.12. The van der Waals surface area contributed by atoms with Crippen molar-refractivity contribution in [3.8, 4) is 5.75 Å². The monoisotopic (exact) mass is 284 g/mol. The van der Waals surface area contributed by atoms with E-state index in [0.29, 0.717) is 12.2 Å². The molecular weight excluding hydrogens is 264 g/mol. The highest BCUT2D eigenvalue weighted by Gasteiger charge is 2.30. The van der Waals surface area contributed by atoms with Crippen LogP contribution >= 0.6 is 0 Å². The molecule has 1 fully saturated rings. The molecule has 0 heterocycles. The molecule has 0 bridgehead atoms. The summed E-state index contributed by atoms with van der Waals surface area (Å²) in [5, 5.41) is 8.95. The molecule has 19 heavy (non-hydrogen) atoms. The lowest BCUT2D eigenvalue weighted by molar-refractivity contribution is 0.151. The van der Waals surface area contributed by atoms with Crippen LogP contribution in [-0.4, -0.2) is 31.1 Å². The first-order valence-corrected chi connectivity index (χ1v) is 8.50. The highest BCUT2D eigenvalue weighted by atomic mass is 32.2. The maximum absolute atomic E-state index is 11.6. The molecule has 1 aromatic carbocycles. The Balaban J connectivity index is 2.07. The van der Waals surface area contributed by atoms with E-state index >= 15 is 0 Å². The van der Waals surface area contributed by atoms with Crippen molar-refractivity contribution in [2.45, 2.75) is 43.6 Å². The maximum Gasteiger partial charge on any atom is 0.150 e. The highest BCUT2D eigenvalue weighted by molar-refractivity contribution is 7.91. The molecule has 0 saturated heterocycles. The van der Waals surface area contributed by atoms with Crippen LogP contribution in [0.15, 0.2) is 24.3 Å². The number of benzene rings is 1. The van der Waals surface area contributed by atoms with Crippen molar-refractivity contribution in [3.05, 3.63) is 29.8 Å². The topological polar surface area (TPSA) is 63.6 Å². The number of ether oxygens (including phenoxy) is 1. The summed E-state index contributed by atoms with van der Waals surface area (Å²) in [7, 11) is -3.00. The molecule has 2 rings (SSSR count). The molecule has 0 aromatic heterocycles. The highest BCUT2D eigenvalue weighted by Crippen LogP contribution is 2.28. The molecule has 1 aliphatic carbocycles. The SMILES string of the molecule is CS(=O)(=O)C1CCCC(Oc2ccccc2CO)C1. The predicted octanol–water partition coefficient (Wildman–Crippen LogP) is 1.91. The Morgan fingerprint density at radius 3 is 2.74 bits per heavy atom. The molecule has 1 aromatic rings. The van der Waals surface area contributed by atoms with Crippen molar-refractivity contribution in [3.63, 3.8) is 0 Å². The van der Waals surface area contributed by atoms with E-state index in [4.69, 9.17) is 4.74 Å². The quantitative estimate of drug-likeness (QED) is 0.917. The van der Waals surface area contributed by atoms with Crippen LogP contribution in [0.3, 0.4) is 0 Å². The van der Waals surface area contributed by atoms with Crippen LogP contribution in [0.5, 0.6) is 5.75 Å². The van der Waals surface area contributed by atoms with Gasteiger partial charge in [0, 0.05) is 18.2 Å². The Hall–Kier alpha value is -1.07. The summed E-state index contributed by atoms with van der Waals surface area (Å²) in [5.41, 5.74) is 0.740. The number of aliphatic hydroxyl groups excluding tert-OH is 1. The van der Waals surface area contributed by atoms with E-state index in [0.717, 1.165) is 24.8 Å². The van der Waals surface area contributed by atoms with Crippen LogP contribution in [-0.2, 0) is 16.4 Å². The van der Waals surface area contributed by atoms with Gasteiger partial charge in [0.2, 0.25) is 0 Å². The van der Waals surface area contributed by atoms with Crippen LogP contribution in [0.4, 0.5) is 0 Å². The molecule has 2 unspecified atom stereocenters. The molecule has 2 atom stereocenters. The van der Waals surface area contributed by atoms with Gasteiger partial charge in [-0.25, -0.2) is 8.42 Å². The van der Waals surface area contributed by atoms with Crippen LogP contribution in [0, 0.1) is 0 Å². The van der Waals surface area contributed by atoms with Gasteiger partial charge < -0.3 is 9.84 Å². The smallest absolute Gasteiger partial charge is 0.150 e. The van der Waals surface area contributed by atoms with Gasteiger partial charge in [-0.05, 0) is 25.3 Å². The summed E-state index contributed by atoms with van der Waals surface area (Å²) >= 11 is 0. The molecule has 106 valence electrons. The lowest BCUT2D eigenvalue weighted by Gasteiger charge is -2.29. The lowest BCUT2D eigenvalue weighted by Crippen LogP contribution is -2.33. The van der Waals surface area contributed by atoms with Crippen molar-refractivity contribution in [2.24, 2.45) is 0 Å². The lowest BCUT2D eigenvalue weighted by atomic mass is 9.97. The molecule has 1 N–H and O–H groups in total. The second kappa shape index (κ2) is 5.92. The normalized spacial score (nSPS) is 24.1. The van der Waals surface area contributed by atoms with Gasteiger partial charge in [-0.15, -0.1) is 0 Å². The third kappa shape index (κ3) is 3.70. The fourth-order valence-corrected chi connectivity index (χ4v) is 3.69. The van der Waals surface area contributed by atoms with Gasteiger partial charge in [-0.3, -0.25) is 0 Å². The molecular formula is C14H20O4S. The van der Waals surface area contributed by atoms with E-state index < -0.39 is 9.84 Å². The molecule has 5 heteroatoms. The second-order valence-corrected chi connectivity index (χ2v) is 7.45. The Bertz CT molecular complexity index is 524. The third-order valence-corrected chi connectivity index (χ3v) is 5.26. The van der Waals surface area contributed by atoms with Crippen molar-refractivity contribution in [1.82, 2.24) is 0 Å². The molecule has 0 spiro atoms. The van der Waals surface area contributed by atoms with Gasteiger partial charge in [-0.2, -0.15) is 0 Å². The number of para-hydroxylation sites is 1. The van der Waals surface area contributed by atoms with E-state index in [2.05, 4.69) is 0 Å². The standard InChI is InChI=1S/C14H20O4S/c1-19(16,17)13-7-4-6-12(9-13)18-14-8-3-2-5-11(14)10-15/h2-3,5,8,12-13,15H,4,6-7,9-10H2,1H3. The average Bonchev–Trinajstić information content (AvgIpc) is 2.39. The molecule has 1 aliphatic rings. The zero-order chi connectivity index (χ0) is 13.9. The van der Waals surface area contributed by atoms with Crippen molar-refractivity contribution in [2.75, 3.05) is 6.26 Å². The number of aliphatic hydroxyl groups is 1. The first-order chi connectivity index (χ1) is 9.00. The summed E-state index contributed by atoms with van der Waals surface area (Å²) in [4.78, 5) is 0. The number of hydrogen-bond donors (Lipinski definition) is 1. The van der Waals surface area contributed by atoms with Crippen LogP contribution in [0.1, 0.15) is 31.2 Å². The van der Waals surface area contributed by atoms with Gasteiger partial charge in [0.25, 0.3) is 0 Å². The van der Waals surface area contributed by atoms with E-state index in [1.54, 1.807) is 0 Å². The van der Waals surface area contributed by atoms with Crippen LogP contribution < -0.4 is 4.74 Å².